The second-order valence-corrected chi connectivity index (χ2v) is 12.2. The summed E-state index contributed by atoms with van der Waals surface area (Å²) in [7, 11) is 3.96. The van der Waals surface area contributed by atoms with Gasteiger partial charge in [0, 0.05) is 54.6 Å². The fraction of sp³-hybridized carbons (Fsp3) is 0.424. The Morgan fingerprint density at radius 1 is 1.04 bits per heavy atom. The van der Waals surface area contributed by atoms with Gasteiger partial charge in [0.1, 0.15) is 0 Å². The molecule has 238 valence electrons. The molecular formula is C33H44N10O2. The summed E-state index contributed by atoms with van der Waals surface area (Å²) in [5.41, 5.74) is 10.6. The van der Waals surface area contributed by atoms with Crippen LogP contribution in [0.2, 0.25) is 0 Å². The molecule has 5 N–H and O–H groups in total. The molecular weight excluding hydrogens is 568 g/mol. The summed E-state index contributed by atoms with van der Waals surface area (Å²) in [6.45, 7) is 7.09. The van der Waals surface area contributed by atoms with Crippen LogP contribution in [-0.4, -0.2) is 76.1 Å². The number of nitrogens with two attached hydrogens (primary N) is 1. The molecule has 0 unspecified atom stereocenters. The molecule has 0 bridgehead atoms. The number of amides is 2. The number of rotatable bonds is 12. The van der Waals surface area contributed by atoms with Gasteiger partial charge in [0.05, 0.1) is 6.20 Å². The Balaban J connectivity index is 1.30. The molecule has 1 saturated heterocycles. The third kappa shape index (κ3) is 8.14. The van der Waals surface area contributed by atoms with E-state index in [9.17, 15) is 9.59 Å². The minimum Gasteiger partial charge on any atom is -0.350 e. The Hall–Kier alpha value is -4.55. The van der Waals surface area contributed by atoms with Crippen molar-refractivity contribution in [3.05, 3.63) is 71.4 Å². The molecule has 2 aromatic carbocycles. The molecule has 1 aliphatic heterocycles. The molecule has 12 heteroatoms. The molecule has 1 fully saturated rings. The Morgan fingerprint density at radius 2 is 1.82 bits per heavy atom. The maximum Gasteiger partial charge on any atom is 0.255 e. The highest BCUT2D eigenvalue weighted by Gasteiger charge is 2.22. The first-order valence-corrected chi connectivity index (χ1v) is 15.6. The van der Waals surface area contributed by atoms with Gasteiger partial charge in [-0.1, -0.05) is 38.1 Å². The first-order valence-electron chi connectivity index (χ1n) is 15.6. The zero-order valence-electron chi connectivity index (χ0n) is 26.6. The fourth-order valence-electron chi connectivity index (χ4n) is 5.33. The number of piperidine rings is 1. The molecule has 12 nitrogen and oxygen atoms in total. The van der Waals surface area contributed by atoms with Crippen LogP contribution in [-0.2, 0) is 11.3 Å². The van der Waals surface area contributed by atoms with Crippen LogP contribution in [0.4, 0.5) is 23.3 Å². The molecule has 2 amide bonds. The average Bonchev–Trinajstić information content (AvgIpc) is 3.45. The SMILES string of the molecule is CC(C)c1cnn2c(NCc3ccccc3NC(=O)c3cccc(NC(=O)CCCN(C)C)c3)nc(N3CCC(N)CC3)nc12. The van der Waals surface area contributed by atoms with Crippen LogP contribution in [0.3, 0.4) is 0 Å². The van der Waals surface area contributed by atoms with Gasteiger partial charge in [-0.15, -0.1) is 0 Å². The predicted octanol–water partition coefficient (Wildman–Crippen LogP) is 4.32. The highest BCUT2D eigenvalue weighted by Crippen LogP contribution is 2.26. The zero-order chi connectivity index (χ0) is 31.9. The lowest BCUT2D eigenvalue weighted by Gasteiger charge is -2.30. The lowest BCUT2D eigenvalue weighted by Crippen LogP contribution is -2.40. The highest BCUT2D eigenvalue weighted by atomic mass is 16.2. The van der Waals surface area contributed by atoms with Gasteiger partial charge in [-0.05, 0) is 75.6 Å². The predicted molar refractivity (Wildman–Crippen MR) is 179 cm³/mol. The van der Waals surface area contributed by atoms with Crippen molar-refractivity contribution in [3.8, 4) is 0 Å². The minimum atomic E-state index is -0.269. The maximum absolute atomic E-state index is 13.3. The van der Waals surface area contributed by atoms with Crippen LogP contribution in [0.1, 0.15) is 66.9 Å². The van der Waals surface area contributed by atoms with E-state index < -0.39 is 0 Å². The summed E-state index contributed by atoms with van der Waals surface area (Å²) < 4.78 is 1.75. The number of para-hydroxylation sites is 1. The van der Waals surface area contributed by atoms with Crippen LogP contribution in [0, 0.1) is 0 Å². The molecule has 0 spiro atoms. The summed E-state index contributed by atoms with van der Waals surface area (Å²) in [4.78, 5) is 39.7. The van der Waals surface area contributed by atoms with Gasteiger partial charge in [0.25, 0.3) is 5.91 Å². The van der Waals surface area contributed by atoms with E-state index in [1.807, 2.05) is 49.5 Å². The molecule has 4 aromatic rings. The smallest absolute Gasteiger partial charge is 0.255 e. The summed E-state index contributed by atoms with van der Waals surface area (Å²) in [6.07, 6.45) is 4.82. The quantitative estimate of drug-likeness (QED) is 0.184. The molecule has 5 rings (SSSR count). The van der Waals surface area contributed by atoms with E-state index in [-0.39, 0.29) is 23.8 Å². The van der Waals surface area contributed by atoms with Gasteiger partial charge in [0.15, 0.2) is 5.65 Å². The van der Waals surface area contributed by atoms with Crippen molar-refractivity contribution in [1.29, 1.82) is 0 Å². The summed E-state index contributed by atoms with van der Waals surface area (Å²) in [6, 6.07) is 14.8. The second-order valence-electron chi connectivity index (χ2n) is 12.2. The van der Waals surface area contributed by atoms with Crippen LogP contribution in [0.5, 0.6) is 0 Å². The van der Waals surface area contributed by atoms with Crippen molar-refractivity contribution < 1.29 is 9.59 Å². The Bertz CT molecular complexity index is 1630. The molecule has 3 heterocycles. The van der Waals surface area contributed by atoms with Gasteiger partial charge < -0.3 is 31.5 Å². The van der Waals surface area contributed by atoms with E-state index in [1.165, 1.54) is 0 Å². The van der Waals surface area contributed by atoms with Gasteiger partial charge in [-0.3, -0.25) is 9.59 Å². The highest BCUT2D eigenvalue weighted by molar-refractivity contribution is 6.05. The number of carbonyl (C=O) groups excluding carboxylic acids is 2. The number of benzene rings is 2. The minimum absolute atomic E-state index is 0.0747. The molecule has 0 atom stereocenters. The monoisotopic (exact) mass is 612 g/mol. The summed E-state index contributed by atoms with van der Waals surface area (Å²) >= 11 is 0. The van der Waals surface area contributed by atoms with Crippen molar-refractivity contribution in [1.82, 2.24) is 24.5 Å². The van der Waals surface area contributed by atoms with E-state index in [4.69, 9.17) is 15.7 Å². The zero-order valence-corrected chi connectivity index (χ0v) is 26.6. The van der Waals surface area contributed by atoms with Crippen LogP contribution in [0.25, 0.3) is 5.65 Å². The topological polar surface area (TPSA) is 146 Å². The number of nitrogens with one attached hydrogen (secondary N) is 3. The van der Waals surface area contributed by atoms with Gasteiger partial charge in [0.2, 0.25) is 17.8 Å². The van der Waals surface area contributed by atoms with E-state index in [2.05, 4.69) is 39.8 Å². The van der Waals surface area contributed by atoms with E-state index in [1.54, 1.807) is 28.8 Å². The number of carbonyl (C=O) groups is 2. The molecule has 45 heavy (non-hydrogen) atoms. The number of fused-ring (bicyclic) bond motifs is 1. The van der Waals surface area contributed by atoms with Gasteiger partial charge >= 0.3 is 0 Å². The van der Waals surface area contributed by atoms with Crippen molar-refractivity contribution in [2.45, 2.75) is 58.0 Å². The van der Waals surface area contributed by atoms with Crippen molar-refractivity contribution in [2.75, 3.05) is 54.6 Å². The Labute approximate surface area is 264 Å². The first-order chi connectivity index (χ1) is 21.7. The van der Waals surface area contributed by atoms with E-state index in [0.717, 1.165) is 55.7 Å². The molecule has 0 saturated carbocycles. The van der Waals surface area contributed by atoms with Crippen molar-refractivity contribution >= 4 is 40.7 Å². The van der Waals surface area contributed by atoms with Crippen LogP contribution in [0.15, 0.2) is 54.7 Å². The Kier molecular flexibility index (Phi) is 10.3. The third-order valence-electron chi connectivity index (χ3n) is 7.95. The normalized spacial score (nSPS) is 13.9. The van der Waals surface area contributed by atoms with Crippen LogP contribution < -0.4 is 26.6 Å². The van der Waals surface area contributed by atoms with Crippen LogP contribution >= 0.6 is 0 Å². The van der Waals surface area contributed by atoms with E-state index >= 15 is 0 Å². The van der Waals surface area contributed by atoms with Gasteiger partial charge in [-0.25, -0.2) is 0 Å². The van der Waals surface area contributed by atoms with Gasteiger partial charge in [-0.2, -0.15) is 19.6 Å². The maximum atomic E-state index is 13.3. The number of nitrogens with zero attached hydrogens (tertiary/aromatic N) is 6. The van der Waals surface area contributed by atoms with Crippen molar-refractivity contribution in [2.24, 2.45) is 5.73 Å². The largest absolute Gasteiger partial charge is 0.350 e. The number of hydrogen-bond acceptors (Lipinski definition) is 9. The summed E-state index contributed by atoms with van der Waals surface area (Å²) in [5.74, 6) is 1.14. The molecule has 2 aromatic heterocycles. The number of aromatic nitrogens is 4. The third-order valence-corrected chi connectivity index (χ3v) is 7.95. The Morgan fingerprint density at radius 3 is 2.58 bits per heavy atom. The standard InChI is InChI=1S/C33H44N10O2/c1-22(2)27-21-36-43-30(27)39-33(42-17-14-25(34)15-18-42)40-32(43)35-20-24-9-5-6-12-28(24)38-31(45)23-10-7-11-26(19-23)37-29(44)13-8-16-41(3)4/h5-7,9-12,19,21-22,25H,8,13-18,20,34H2,1-4H3,(H,37,44)(H,38,45)(H,35,39,40). The number of anilines is 4. The molecule has 0 radical (unpaired) electrons. The molecule has 1 aliphatic rings. The van der Waals surface area contributed by atoms with Crippen molar-refractivity contribution in [3.63, 3.8) is 0 Å². The lowest BCUT2D eigenvalue weighted by molar-refractivity contribution is -0.116. The number of hydrogen-bond donors (Lipinski definition) is 4. The first kappa shape index (κ1) is 31.9. The average molecular weight is 613 g/mol. The van der Waals surface area contributed by atoms with E-state index in [0.29, 0.717) is 41.8 Å². The lowest BCUT2D eigenvalue weighted by atomic mass is 10.1. The molecule has 0 aliphatic carbocycles. The fourth-order valence-corrected chi connectivity index (χ4v) is 5.33. The summed E-state index contributed by atoms with van der Waals surface area (Å²) in [5, 5.41) is 14.0. The second kappa shape index (κ2) is 14.5.